The number of hydrogen-bond donors (Lipinski definition) is 2. The lowest BCUT2D eigenvalue weighted by Crippen LogP contribution is -2.47. The highest BCUT2D eigenvalue weighted by atomic mass is 32.2. The first-order valence-corrected chi connectivity index (χ1v) is 9.81. The van der Waals surface area contributed by atoms with Gasteiger partial charge >= 0.3 is 5.97 Å². The largest absolute Gasteiger partial charge is 0.480 e. The highest BCUT2D eigenvalue weighted by molar-refractivity contribution is 7.91. The molecule has 2 rings (SSSR count). The average Bonchev–Trinajstić information content (AvgIpc) is 2.92. The number of carboxylic acids is 1. The van der Waals surface area contributed by atoms with Crippen LogP contribution in [0.1, 0.15) is 32.8 Å². The van der Waals surface area contributed by atoms with Crippen molar-refractivity contribution in [3.63, 3.8) is 0 Å². The Labute approximate surface area is 148 Å². The molecule has 2 N–H and O–H groups in total. The molecule has 1 fully saturated rings. The van der Waals surface area contributed by atoms with Crippen molar-refractivity contribution in [3.05, 3.63) is 35.9 Å². The van der Waals surface area contributed by atoms with Crippen molar-refractivity contribution in [2.45, 2.75) is 56.3 Å². The predicted molar refractivity (Wildman–Crippen MR) is 92.4 cm³/mol. The number of aliphatic hydroxyl groups is 1. The van der Waals surface area contributed by atoms with Gasteiger partial charge in [0.15, 0.2) is 9.84 Å². The van der Waals surface area contributed by atoms with Crippen LogP contribution in [0.15, 0.2) is 30.3 Å². The van der Waals surface area contributed by atoms with Crippen LogP contribution in [0.25, 0.3) is 0 Å². The number of carbonyl (C=O) groups is 1. The van der Waals surface area contributed by atoms with Crippen LogP contribution in [0, 0.1) is 0 Å². The number of rotatable bonds is 6. The Bertz CT molecular complexity index is 698. The molecule has 7 nitrogen and oxygen atoms in total. The number of aliphatic carboxylic acids is 1. The lowest BCUT2D eigenvalue weighted by Gasteiger charge is -2.32. The molecule has 0 aliphatic carbocycles. The summed E-state index contributed by atoms with van der Waals surface area (Å²) in [7, 11) is -3.56. The molecule has 1 heterocycles. The number of hydrogen-bond acceptors (Lipinski definition) is 6. The van der Waals surface area contributed by atoms with Crippen LogP contribution in [-0.2, 0) is 25.1 Å². The number of likely N-dealkylation sites (tertiary alicyclic amines) is 1. The maximum atomic E-state index is 12.7. The molecule has 0 amide bonds. The molecule has 1 aliphatic rings. The molecule has 0 bridgehead atoms. The van der Waals surface area contributed by atoms with E-state index in [1.165, 1.54) is 4.90 Å². The number of nitrogens with zero attached hydrogens (tertiary/aromatic N) is 1. The van der Waals surface area contributed by atoms with E-state index in [-0.39, 0.29) is 18.7 Å². The van der Waals surface area contributed by atoms with Gasteiger partial charge in [-0.25, -0.2) is 13.3 Å². The summed E-state index contributed by atoms with van der Waals surface area (Å²) < 4.78 is 30.8. The molecule has 0 spiro atoms. The van der Waals surface area contributed by atoms with E-state index in [0.29, 0.717) is 5.56 Å². The third kappa shape index (κ3) is 5.24. The maximum Gasteiger partial charge on any atom is 0.321 e. The number of carboxylic acid groups (broad SMARTS) is 1. The van der Waals surface area contributed by atoms with Crippen molar-refractivity contribution in [1.29, 1.82) is 0 Å². The van der Waals surface area contributed by atoms with Gasteiger partial charge in [-0.3, -0.25) is 4.79 Å². The zero-order valence-electron chi connectivity index (χ0n) is 14.6. The summed E-state index contributed by atoms with van der Waals surface area (Å²) in [6.45, 7) is 5.10. The summed E-state index contributed by atoms with van der Waals surface area (Å²) in [6, 6.07) is 7.65. The SMILES string of the molecule is CC(C)(C)OC(O)N1C[C@H](S(=O)(=O)Cc2ccccc2)C[C@H]1C(=O)O. The Balaban J connectivity index is 2.16. The number of benzene rings is 1. The van der Waals surface area contributed by atoms with Crippen LogP contribution >= 0.6 is 0 Å². The third-order valence-corrected chi connectivity index (χ3v) is 6.14. The summed E-state index contributed by atoms with van der Waals surface area (Å²) in [5.41, 5.74) is -0.0389. The number of sulfone groups is 1. The topological polar surface area (TPSA) is 104 Å². The van der Waals surface area contributed by atoms with E-state index >= 15 is 0 Å². The lowest BCUT2D eigenvalue weighted by atomic mass is 10.2. The van der Waals surface area contributed by atoms with Crippen molar-refractivity contribution in [2.24, 2.45) is 0 Å². The highest BCUT2D eigenvalue weighted by Gasteiger charge is 2.46. The second-order valence-corrected chi connectivity index (χ2v) is 9.54. The predicted octanol–water partition coefficient (Wildman–Crippen LogP) is 1.22. The fraction of sp³-hybridized carbons (Fsp3) is 0.588. The second-order valence-electron chi connectivity index (χ2n) is 7.26. The van der Waals surface area contributed by atoms with Crippen molar-refractivity contribution in [3.8, 4) is 0 Å². The molecule has 0 aromatic heterocycles. The van der Waals surface area contributed by atoms with Gasteiger partial charge in [0.1, 0.15) is 6.04 Å². The molecule has 1 aromatic rings. The van der Waals surface area contributed by atoms with Crippen LogP contribution in [0.4, 0.5) is 0 Å². The van der Waals surface area contributed by atoms with Gasteiger partial charge in [0, 0.05) is 6.54 Å². The van der Waals surface area contributed by atoms with E-state index in [9.17, 15) is 23.4 Å². The normalized spacial score (nSPS) is 23.5. The summed E-state index contributed by atoms with van der Waals surface area (Å²) in [5.74, 6) is -1.33. The molecule has 1 saturated heterocycles. The molecule has 140 valence electrons. The Kier molecular flexibility index (Phi) is 5.88. The minimum atomic E-state index is -3.56. The van der Waals surface area contributed by atoms with Crippen molar-refractivity contribution >= 4 is 15.8 Å². The minimum absolute atomic E-state index is 0.0743. The smallest absolute Gasteiger partial charge is 0.321 e. The highest BCUT2D eigenvalue weighted by Crippen LogP contribution is 2.28. The maximum absolute atomic E-state index is 12.7. The summed E-state index contributed by atoms with van der Waals surface area (Å²) in [5, 5.41) is 18.8. The molecular formula is C17H25NO6S. The lowest BCUT2D eigenvalue weighted by molar-refractivity contribution is -0.243. The van der Waals surface area contributed by atoms with Gasteiger partial charge in [0.05, 0.1) is 16.6 Å². The standard InChI is InChI=1S/C17H25NO6S/c1-17(2,3)24-16(21)18-10-13(9-14(18)15(19)20)25(22,23)11-12-7-5-4-6-8-12/h4-8,13-14,16,21H,9-11H2,1-3H3,(H,19,20)/t13-,14+,16?/m1/s1. The van der Waals surface area contributed by atoms with Crippen LogP contribution in [0.5, 0.6) is 0 Å². The first-order valence-electron chi connectivity index (χ1n) is 8.09. The van der Waals surface area contributed by atoms with Gasteiger partial charge in [0.25, 0.3) is 0 Å². The summed E-state index contributed by atoms with van der Waals surface area (Å²) in [6.07, 6.45) is -1.55. The van der Waals surface area contributed by atoms with E-state index in [0.717, 1.165) is 0 Å². The van der Waals surface area contributed by atoms with E-state index in [4.69, 9.17) is 4.74 Å². The molecule has 25 heavy (non-hydrogen) atoms. The van der Waals surface area contributed by atoms with Gasteiger partial charge in [-0.2, -0.15) is 0 Å². The Hall–Kier alpha value is -1.48. The van der Waals surface area contributed by atoms with E-state index in [1.807, 2.05) is 0 Å². The Morgan fingerprint density at radius 3 is 2.44 bits per heavy atom. The van der Waals surface area contributed by atoms with Gasteiger partial charge in [-0.15, -0.1) is 0 Å². The van der Waals surface area contributed by atoms with Gasteiger partial charge < -0.3 is 14.9 Å². The molecule has 1 aromatic carbocycles. The van der Waals surface area contributed by atoms with Crippen molar-refractivity contribution in [2.75, 3.05) is 6.54 Å². The van der Waals surface area contributed by atoms with Crippen LogP contribution in [0.3, 0.4) is 0 Å². The fourth-order valence-electron chi connectivity index (χ4n) is 2.88. The Morgan fingerprint density at radius 1 is 1.32 bits per heavy atom. The quantitative estimate of drug-likeness (QED) is 0.725. The van der Waals surface area contributed by atoms with Crippen LogP contribution in [0.2, 0.25) is 0 Å². The zero-order chi connectivity index (χ0) is 18.8. The molecule has 3 atom stereocenters. The minimum Gasteiger partial charge on any atom is -0.480 e. The van der Waals surface area contributed by atoms with Crippen LogP contribution < -0.4 is 0 Å². The van der Waals surface area contributed by atoms with Crippen molar-refractivity contribution < 1.29 is 28.2 Å². The third-order valence-electron chi connectivity index (χ3n) is 4.05. The van der Waals surface area contributed by atoms with Crippen molar-refractivity contribution in [1.82, 2.24) is 4.90 Å². The summed E-state index contributed by atoms with van der Waals surface area (Å²) >= 11 is 0. The molecule has 1 aliphatic heterocycles. The van der Waals surface area contributed by atoms with E-state index in [2.05, 4.69) is 0 Å². The number of ether oxygens (including phenoxy) is 1. The van der Waals surface area contributed by atoms with E-state index in [1.54, 1.807) is 51.1 Å². The molecular weight excluding hydrogens is 346 g/mol. The zero-order valence-corrected chi connectivity index (χ0v) is 15.4. The van der Waals surface area contributed by atoms with Gasteiger partial charge in [0.2, 0.25) is 6.41 Å². The molecule has 0 radical (unpaired) electrons. The molecule has 0 saturated carbocycles. The second kappa shape index (κ2) is 7.41. The first kappa shape index (κ1) is 19.8. The first-order chi connectivity index (χ1) is 11.5. The molecule has 1 unspecified atom stereocenters. The Morgan fingerprint density at radius 2 is 1.92 bits per heavy atom. The van der Waals surface area contributed by atoms with E-state index < -0.39 is 39.1 Å². The monoisotopic (exact) mass is 371 g/mol. The van der Waals surface area contributed by atoms with Gasteiger partial charge in [-0.1, -0.05) is 30.3 Å². The number of aliphatic hydroxyl groups excluding tert-OH is 1. The average molecular weight is 371 g/mol. The summed E-state index contributed by atoms with van der Waals surface area (Å²) in [4.78, 5) is 12.7. The van der Waals surface area contributed by atoms with Gasteiger partial charge in [-0.05, 0) is 32.8 Å². The van der Waals surface area contributed by atoms with Crippen LogP contribution in [-0.4, -0.2) is 59.4 Å². The molecule has 8 heteroatoms. The fourth-order valence-corrected chi connectivity index (χ4v) is 4.64.